The lowest BCUT2D eigenvalue weighted by Gasteiger charge is -2.26. The molecule has 2 N–H and O–H groups in total. The summed E-state index contributed by atoms with van der Waals surface area (Å²) in [7, 11) is -3.49. The molecule has 1 aromatic heterocycles. The lowest BCUT2D eigenvalue weighted by atomic mass is 10.3. The fourth-order valence-corrected chi connectivity index (χ4v) is 4.02. The molecule has 2 aromatic rings. The summed E-state index contributed by atoms with van der Waals surface area (Å²) in [6.45, 7) is 1.60. The minimum Gasteiger partial charge on any atom is -0.379 e. The molecule has 1 fully saturated rings. The molecule has 2 heterocycles. The van der Waals surface area contributed by atoms with Gasteiger partial charge in [0.05, 0.1) is 30.0 Å². The lowest BCUT2D eigenvalue weighted by molar-refractivity contribution is 0.0730. The van der Waals surface area contributed by atoms with E-state index in [4.69, 9.17) is 17.0 Å². The first-order chi connectivity index (χ1) is 12.1. The molecule has 1 saturated heterocycles. The average Bonchev–Trinajstić information content (AvgIpc) is 2.63. The summed E-state index contributed by atoms with van der Waals surface area (Å²) in [5, 5.41) is 6.42. The molecule has 1 aliphatic rings. The quantitative estimate of drug-likeness (QED) is 0.786. The van der Waals surface area contributed by atoms with Crippen molar-refractivity contribution in [3.05, 3.63) is 48.8 Å². The van der Waals surface area contributed by atoms with Crippen molar-refractivity contribution in [2.45, 2.75) is 4.90 Å². The molecule has 0 radical (unpaired) electrons. The number of benzene rings is 1. The van der Waals surface area contributed by atoms with E-state index in [1.807, 2.05) is 6.07 Å². The third-order valence-corrected chi connectivity index (χ3v) is 5.76. The van der Waals surface area contributed by atoms with Gasteiger partial charge in [-0.25, -0.2) is 8.42 Å². The molecular weight excluding hydrogens is 360 g/mol. The smallest absolute Gasteiger partial charge is 0.243 e. The highest BCUT2D eigenvalue weighted by molar-refractivity contribution is 7.89. The molecule has 0 aliphatic carbocycles. The Labute approximate surface area is 152 Å². The molecule has 0 unspecified atom stereocenters. The van der Waals surface area contributed by atoms with Crippen LogP contribution in [0.3, 0.4) is 0 Å². The highest BCUT2D eigenvalue weighted by atomic mass is 32.2. The SMILES string of the molecule is O=S(=O)(c1ccc(NC(=S)Nc2cccnc2)cc1)N1CCOCC1. The van der Waals surface area contributed by atoms with Crippen molar-refractivity contribution in [2.75, 3.05) is 36.9 Å². The lowest BCUT2D eigenvalue weighted by Crippen LogP contribution is -2.40. The molecule has 0 spiro atoms. The van der Waals surface area contributed by atoms with Crippen molar-refractivity contribution in [3.63, 3.8) is 0 Å². The summed E-state index contributed by atoms with van der Waals surface area (Å²) in [6, 6.07) is 10.2. The second-order valence-corrected chi connectivity index (χ2v) is 7.71. The van der Waals surface area contributed by atoms with E-state index in [2.05, 4.69) is 15.6 Å². The molecule has 0 amide bonds. The molecule has 0 bridgehead atoms. The Kier molecular flexibility index (Phi) is 5.59. The summed E-state index contributed by atoms with van der Waals surface area (Å²) in [4.78, 5) is 4.25. The molecular formula is C16H18N4O3S2. The fourth-order valence-electron chi connectivity index (χ4n) is 2.38. The number of ether oxygens (including phenoxy) is 1. The van der Waals surface area contributed by atoms with Crippen LogP contribution in [0.4, 0.5) is 11.4 Å². The van der Waals surface area contributed by atoms with E-state index in [1.54, 1.807) is 42.7 Å². The number of nitrogens with zero attached hydrogens (tertiary/aromatic N) is 2. The van der Waals surface area contributed by atoms with Crippen LogP contribution in [0, 0.1) is 0 Å². The molecule has 25 heavy (non-hydrogen) atoms. The van der Waals surface area contributed by atoms with Crippen molar-refractivity contribution in [1.29, 1.82) is 0 Å². The van der Waals surface area contributed by atoms with Crippen LogP contribution < -0.4 is 10.6 Å². The molecule has 1 aliphatic heterocycles. The van der Waals surface area contributed by atoms with E-state index in [1.165, 1.54) is 4.31 Å². The molecule has 0 atom stereocenters. The highest BCUT2D eigenvalue weighted by Gasteiger charge is 2.26. The number of nitrogens with one attached hydrogen (secondary N) is 2. The zero-order chi connectivity index (χ0) is 17.7. The largest absolute Gasteiger partial charge is 0.379 e. The zero-order valence-corrected chi connectivity index (χ0v) is 15.0. The maximum absolute atomic E-state index is 12.6. The number of thiocarbonyl (C=S) groups is 1. The molecule has 1 aromatic carbocycles. The van der Waals surface area contributed by atoms with Gasteiger partial charge in [0.15, 0.2) is 5.11 Å². The maximum atomic E-state index is 12.6. The zero-order valence-electron chi connectivity index (χ0n) is 13.4. The molecule has 9 heteroatoms. The number of hydrogen-bond acceptors (Lipinski definition) is 5. The van der Waals surface area contributed by atoms with Crippen LogP contribution in [-0.4, -0.2) is 49.1 Å². The number of pyridine rings is 1. The van der Waals surface area contributed by atoms with Gasteiger partial charge in [-0.3, -0.25) is 4.98 Å². The second kappa shape index (κ2) is 7.87. The number of hydrogen-bond donors (Lipinski definition) is 2. The summed E-state index contributed by atoms with van der Waals surface area (Å²) in [5.41, 5.74) is 1.47. The predicted molar refractivity (Wildman–Crippen MR) is 100 cm³/mol. The van der Waals surface area contributed by atoms with Crippen LogP contribution in [0.2, 0.25) is 0 Å². The first-order valence-electron chi connectivity index (χ1n) is 7.72. The van der Waals surface area contributed by atoms with Gasteiger partial charge in [-0.2, -0.15) is 4.31 Å². The van der Waals surface area contributed by atoms with E-state index < -0.39 is 10.0 Å². The first kappa shape index (κ1) is 17.7. The summed E-state index contributed by atoms with van der Waals surface area (Å²) in [6.07, 6.45) is 3.33. The average molecular weight is 378 g/mol. The third-order valence-electron chi connectivity index (χ3n) is 3.64. The van der Waals surface area contributed by atoms with Crippen LogP contribution in [0.1, 0.15) is 0 Å². The van der Waals surface area contributed by atoms with Gasteiger partial charge in [0.2, 0.25) is 10.0 Å². The van der Waals surface area contributed by atoms with Crippen LogP contribution >= 0.6 is 12.2 Å². The Bertz CT molecular complexity index is 820. The molecule has 3 rings (SSSR count). The first-order valence-corrected chi connectivity index (χ1v) is 9.56. The van der Waals surface area contributed by atoms with Crippen molar-refractivity contribution in [3.8, 4) is 0 Å². The van der Waals surface area contributed by atoms with E-state index >= 15 is 0 Å². The van der Waals surface area contributed by atoms with Gasteiger partial charge in [-0.05, 0) is 48.6 Å². The predicted octanol–water partition coefficient (Wildman–Crippen LogP) is 1.91. The maximum Gasteiger partial charge on any atom is 0.243 e. The highest BCUT2D eigenvalue weighted by Crippen LogP contribution is 2.19. The minimum absolute atomic E-state index is 0.256. The monoisotopic (exact) mass is 378 g/mol. The normalized spacial score (nSPS) is 15.5. The van der Waals surface area contributed by atoms with Gasteiger partial charge in [0.25, 0.3) is 0 Å². The van der Waals surface area contributed by atoms with E-state index in [0.29, 0.717) is 37.1 Å². The minimum atomic E-state index is -3.49. The Morgan fingerprint density at radius 1 is 1.08 bits per heavy atom. The molecule has 132 valence electrons. The van der Waals surface area contributed by atoms with Gasteiger partial charge in [-0.15, -0.1) is 0 Å². The number of morpholine rings is 1. The fraction of sp³-hybridized carbons (Fsp3) is 0.250. The third kappa shape index (κ3) is 4.51. The van der Waals surface area contributed by atoms with Crippen molar-refractivity contribution < 1.29 is 13.2 Å². The van der Waals surface area contributed by atoms with E-state index in [9.17, 15) is 8.42 Å². The van der Waals surface area contributed by atoms with Gasteiger partial charge in [0.1, 0.15) is 0 Å². The van der Waals surface area contributed by atoms with Crippen LogP contribution in [0.5, 0.6) is 0 Å². The van der Waals surface area contributed by atoms with Crippen LogP contribution in [0.25, 0.3) is 0 Å². The van der Waals surface area contributed by atoms with Crippen LogP contribution in [0.15, 0.2) is 53.7 Å². The Morgan fingerprint density at radius 3 is 2.40 bits per heavy atom. The van der Waals surface area contributed by atoms with Gasteiger partial charge < -0.3 is 15.4 Å². The summed E-state index contributed by atoms with van der Waals surface area (Å²) in [5.74, 6) is 0. The second-order valence-electron chi connectivity index (χ2n) is 5.36. The summed E-state index contributed by atoms with van der Waals surface area (Å²) >= 11 is 5.24. The van der Waals surface area contributed by atoms with Crippen molar-refractivity contribution >= 4 is 38.7 Å². The van der Waals surface area contributed by atoms with Crippen molar-refractivity contribution in [1.82, 2.24) is 9.29 Å². The van der Waals surface area contributed by atoms with Crippen LogP contribution in [-0.2, 0) is 14.8 Å². The Morgan fingerprint density at radius 2 is 1.76 bits per heavy atom. The summed E-state index contributed by atoms with van der Waals surface area (Å²) < 4.78 is 31.8. The number of sulfonamides is 1. The topological polar surface area (TPSA) is 83.6 Å². The number of aromatic nitrogens is 1. The standard InChI is InChI=1S/C16H18N4O3S2/c21-25(22,20-8-10-23-11-9-20)15-5-3-13(4-6-15)18-16(24)19-14-2-1-7-17-12-14/h1-7,12H,8-11H2,(H2,18,19,24). The number of rotatable bonds is 4. The molecule has 0 saturated carbocycles. The molecule has 7 nitrogen and oxygen atoms in total. The number of anilines is 2. The van der Waals surface area contributed by atoms with Gasteiger partial charge in [-0.1, -0.05) is 0 Å². The van der Waals surface area contributed by atoms with Crippen molar-refractivity contribution in [2.24, 2.45) is 0 Å². The van der Waals surface area contributed by atoms with Gasteiger partial charge in [0, 0.05) is 25.0 Å². The van der Waals surface area contributed by atoms with E-state index in [-0.39, 0.29) is 4.90 Å². The van der Waals surface area contributed by atoms with E-state index in [0.717, 1.165) is 5.69 Å². The van der Waals surface area contributed by atoms with Gasteiger partial charge >= 0.3 is 0 Å². The Balaban J connectivity index is 1.64. The Hall–Kier alpha value is -2.07.